The summed E-state index contributed by atoms with van der Waals surface area (Å²) in [7, 11) is 0. The third-order valence-electron chi connectivity index (χ3n) is 3.53. The van der Waals surface area contributed by atoms with E-state index in [1.165, 1.54) is 24.3 Å². The van der Waals surface area contributed by atoms with Gasteiger partial charge in [0.2, 0.25) is 0 Å². The number of H-pyrrole nitrogens is 1. The van der Waals surface area contributed by atoms with Crippen LogP contribution in [0, 0.1) is 5.82 Å². The number of nitrogens with one attached hydrogen (secondary N) is 2. The van der Waals surface area contributed by atoms with E-state index in [-0.39, 0.29) is 24.9 Å². The Morgan fingerprint density at radius 2 is 1.96 bits per heavy atom. The Morgan fingerprint density at radius 3 is 2.71 bits per heavy atom. The van der Waals surface area contributed by atoms with Crippen molar-refractivity contribution in [3.8, 4) is 5.75 Å². The van der Waals surface area contributed by atoms with Crippen molar-refractivity contribution in [1.29, 1.82) is 0 Å². The third-order valence-corrected chi connectivity index (χ3v) is 3.53. The van der Waals surface area contributed by atoms with Crippen LogP contribution in [0.4, 0.5) is 4.39 Å². The second-order valence-corrected chi connectivity index (χ2v) is 5.40. The van der Waals surface area contributed by atoms with E-state index < -0.39 is 6.10 Å². The molecule has 0 aliphatic heterocycles. The lowest BCUT2D eigenvalue weighted by molar-refractivity contribution is 0.0840. The van der Waals surface area contributed by atoms with Crippen LogP contribution in [0.3, 0.4) is 0 Å². The predicted molar refractivity (Wildman–Crippen MR) is 88.5 cm³/mol. The van der Waals surface area contributed by atoms with E-state index in [1.54, 1.807) is 6.07 Å². The number of aliphatic hydroxyl groups is 1. The van der Waals surface area contributed by atoms with Crippen LogP contribution in [0.15, 0.2) is 54.6 Å². The van der Waals surface area contributed by atoms with Crippen LogP contribution >= 0.6 is 0 Å². The van der Waals surface area contributed by atoms with E-state index in [0.29, 0.717) is 11.4 Å². The number of fused-ring (bicyclic) bond motifs is 1. The lowest BCUT2D eigenvalue weighted by Gasteiger charge is -2.13. The van der Waals surface area contributed by atoms with E-state index in [1.807, 2.05) is 24.3 Å². The number of ether oxygens (including phenoxy) is 1. The zero-order valence-electron chi connectivity index (χ0n) is 12.8. The van der Waals surface area contributed by atoms with Crippen LogP contribution in [-0.2, 0) is 0 Å². The third kappa shape index (κ3) is 3.91. The maximum atomic E-state index is 12.8. The lowest BCUT2D eigenvalue weighted by atomic mass is 10.2. The van der Waals surface area contributed by atoms with Crippen molar-refractivity contribution in [1.82, 2.24) is 10.3 Å². The lowest BCUT2D eigenvalue weighted by Crippen LogP contribution is -2.35. The van der Waals surface area contributed by atoms with Crippen molar-refractivity contribution in [2.45, 2.75) is 6.10 Å². The highest BCUT2D eigenvalue weighted by Gasteiger charge is 2.12. The number of aromatic nitrogens is 1. The number of aromatic amines is 1. The summed E-state index contributed by atoms with van der Waals surface area (Å²) in [5, 5.41) is 13.5. The fourth-order valence-corrected chi connectivity index (χ4v) is 2.28. The molecule has 0 bridgehead atoms. The molecule has 24 heavy (non-hydrogen) atoms. The average molecular weight is 328 g/mol. The van der Waals surface area contributed by atoms with Crippen molar-refractivity contribution in [3.05, 3.63) is 66.1 Å². The minimum atomic E-state index is -0.872. The number of hydrogen-bond donors (Lipinski definition) is 3. The number of aliphatic hydroxyl groups excluding tert-OH is 1. The monoisotopic (exact) mass is 328 g/mol. The normalized spacial score (nSPS) is 12.1. The molecule has 6 heteroatoms. The Morgan fingerprint density at radius 1 is 1.21 bits per heavy atom. The van der Waals surface area contributed by atoms with Gasteiger partial charge in [0.15, 0.2) is 0 Å². The van der Waals surface area contributed by atoms with Gasteiger partial charge in [0.25, 0.3) is 5.91 Å². The van der Waals surface area contributed by atoms with Gasteiger partial charge in [-0.3, -0.25) is 4.79 Å². The Labute approximate surface area is 138 Å². The molecule has 1 heterocycles. The fourth-order valence-electron chi connectivity index (χ4n) is 2.28. The first-order valence-corrected chi connectivity index (χ1v) is 7.54. The first-order chi connectivity index (χ1) is 11.6. The number of amides is 1. The maximum Gasteiger partial charge on any atom is 0.267 e. The number of benzene rings is 2. The fraction of sp³-hybridized carbons (Fsp3) is 0.167. The van der Waals surface area contributed by atoms with Crippen LogP contribution < -0.4 is 10.1 Å². The second-order valence-electron chi connectivity index (χ2n) is 5.40. The molecule has 2 aromatic carbocycles. The molecular formula is C18H17FN2O3. The number of carbonyl (C=O) groups is 1. The molecule has 3 N–H and O–H groups in total. The van der Waals surface area contributed by atoms with E-state index in [2.05, 4.69) is 10.3 Å². The van der Waals surface area contributed by atoms with Crippen molar-refractivity contribution < 1.29 is 19.0 Å². The summed E-state index contributed by atoms with van der Waals surface area (Å²) in [6, 6.07) is 14.8. The number of carbonyl (C=O) groups excluding carboxylic acids is 1. The van der Waals surface area contributed by atoms with Crippen molar-refractivity contribution >= 4 is 16.8 Å². The molecule has 0 radical (unpaired) electrons. The van der Waals surface area contributed by atoms with E-state index >= 15 is 0 Å². The number of rotatable bonds is 6. The molecule has 3 aromatic rings. The molecule has 3 rings (SSSR count). The van der Waals surface area contributed by atoms with Crippen LogP contribution in [0.5, 0.6) is 5.75 Å². The molecule has 0 spiro atoms. The average Bonchev–Trinajstić information content (AvgIpc) is 3.03. The van der Waals surface area contributed by atoms with Gasteiger partial charge < -0.3 is 20.1 Å². The highest BCUT2D eigenvalue weighted by Crippen LogP contribution is 2.14. The number of para-hydroxylation sites is 1. The Bertz CT molecular complexity index is 797. The minimum absolute atomic E-state index is 0.00137. The molecule has 0 aliphatic carbocycles. The quantitative estimate of drug-likeness (QED) is 0.651. The molecule has 1 aromatic heterocycles. The molecule has 5 nitrogen and oxygen atoms in total. The minimum Gasteiger partial charge on any atom is -0.491 e. The van der Waals surface area contributed by atoms with Gasteiger partial charge in [-0.2, -0.15) is 0 Å². The van der Waals surface area contributed by atoms with Crippen molar-refractivity contribution in [3.63, 3.8) is 0 Å². The SMILES string of the molecule is O=C(NCC(O)COc1ccc(F)cc1)c1cc2ccccc2[nH]1. The van der Waals surface area contributed by atoms with Gasteiger partial charge in [0.05, 0.1) is 0 Å². The predicted octanol–water partition coefficient (Wildman–Crippen LogP) is 2.48. The summed E-state index contributed by atoms with van der Waals surface area (Å²) in [5.74, 6) is -0.196. The van der Waals surface area contributed by atoms with Crippen molar-refractivity contribution in [2.75, 3.05) is 13.2 Å². The zero-order chi connectivity index (χ0) is 16.9. The zero-order valence-corrected chi connectivity index (χ0v) is 12.8. The first-order valence-electron chi connectivity index (χ1n) is 7.54. The van der Waals surface area contributed by atoms with Gasteiger partial charge in [-0.25, -0.2) is 4.39 Å². The smallest absolute Gasteiger partial charge is 0.267 e. The maximum absolute atomic E-state index is 12.8. The Hall–Kier alpha value is -2.86. The molecule has 1 atom stereocenters. The van der Waals surface area contributed by atoms with Crippen LogP contribution in [-0.4, -0.2) is 35.3 Å². The van der Waals surface area contributed by atoms with Crippen LogP contribution in [0.1, 0.15) is 10.5 Å². The standard InChI is InChI=1S/C18H17FN2O3/c19-13-5-7-15(8-6-13)24-11-14(22)10-20-18(23)17-9-12-3-1-2-4-16(12)21-17/h1-9,14,21-22H,10-11H2,(H,20,23). The summed E-state index contributed by atoms with van der Waals surface area (Å²) in [4.78, 5) is 15.1. The van der Waals surface area contributed by atoms with E-state index in [0.717, 1.165) is 10.9 Å². The summed E-state index contributed by atoms with van der Waals surface area (Å²) < 4.78 is 18.1. The van der Waals surface area contributed by atoms with Gasteiger partial charge in [0.1, 0.15) is 30.0 Å². The highest BCUT2D eigenvalue weighted by molar-refractivity contribution is 5.97. The first kappa shape index (κ1) is 16.0. The molecule has 0 fully saturated rings. The van der Waals surface area contributed by atoms with Gasteiger partial charge in [-0.1, -0.05) is 18.2 Å². The van der Waals surface area contributed by atoms with Gasteiger partial charge >= 0.3 is 0 Å². The number of halogens is 1. The molecular weight excluding hydrogens is 311 g/mol. The highest BCUT2D eigenvalue weighted by atomic mass is 19.1. The van der Waals surface area contributed by atoms with E-state index in [9.17, 15) is 14.3 Å². The molecule has 0 aliphatic rings. The Balaban J connectivity index is 1.49. The van der Waals surface area contributed by atoms with Crippen LogP contribution in [0.2, 0.25) is 0 Å². The molecule has 0 saturated carbocycles. The van der Waals surface area contributed by atoms with Crippen LogP contribution in [0.25, 0.3) is 10.9 Å². The summed E-state index contributed by atoms with van der Waals surface area (Å²) in [5.41, 5.74) is 1.31. The Kier molecular flexibility index (Phi) is 4.77. The summed E-state index contributed by atoms with van der Waals surface area (Å²) >= 11 is 0. The topological polar surface area (TPSA) is 74.3 Å². The molecule has 1 amide bonds. The molecule has 0 saturated heterocycles. The number of hydrogen-bond acceptors (Lipinski definition) is 3. The van der Waals surface area contributed by atoms with Crippen molar-refractivity contribution in [2.24, 2.45) is 0 Å². The van der Waals surface area contributed by atoms with Gasteiger partial charge in [-0.15, -0.1) is 0 Å². The van der Waals surface area contributed by atoms with Gasteiger partial charge in [-0.05, 0) is 36.4 Å². The molecule has 124 valence electrons. The summed E-state index contributed by atoms with van der Waals surface area (Å²) in [6.45, 7) is 0.0496. The summed E-state index contributed by atoms with van der Waals surface area (Å²) in [6.07, 6.45) is -0.872. The largest absolute Gasteiger partial charge is 0.491 e. The van der Waals surface area contributed by atoms with E-state index in [4.69, 9.17) is 4.74 Å². The molecule has 1 unspecified atom stereocenters. The van der Waals surface area contributed by atoms with Gasteiger partial charge in [0, 0.05) is 17.4 Å². The second kappa shape index (κ2) is 7.14.